The van der Waals surface area contributed by atoms with E-state index >= 15 is 0 Å². The molecular formula is C18H28O2. The molecule has 2 heteroatoms. The molecule has 0 radical (unpaired) electrons. The van der Waals surface area contributed by atoms with Gasteiger partial charge in [-0.15, -0.1) is 23.7 Å². The highest BCUT2D eigenvalue weighted by molar-refractivity contribution is 5.69. The smallest absolute Gasteiger partial charge is 0.305 e. The van der Waals surface area contributed by atoms with Crippen molar-refractivity contribution in [3.8, 4) is 23.7 Å². The van der Waals surface area contributed by atoms with Crippen LogP contribution in [0.4, 0.5) is 0 Å². The molecule has 0 rings (SSSR count). The van der Waals surface area contributed by atoms with Gasteiger partial charge in [-0.3, -0.25) is 4.79 Å². The number of carbonyl (C=O) groups is 1. The topological polar surface area (TPSA) is 26.3 Å². The van der Waals surface area contributed by atoms with E-state index in [1.165, 1.54) is 32.8 Å². The third-order valence-electron chi connectivity index (χ3n) is 2.92. The van der Waals surface area contributed by atoms with Gasteiger partial charge < -0.3 is 4.74 Å². The van der Waals surface area contributed by atoms with Crippen LogP contribution in [-0.2, 0) is 9.53 Å². The van der Waals surface area contributed by atoms with E-state index in [0.29, 0.717) is 6.42 Å². The van der Waals surface area contributed by atoms with E-state index in [2.05, 4.69) is 35.3 Å². The largest absolute Gasteiger partial charge is 0.469 e. The van der Waals surface area contributed by atoms with E-state index in [1.807, 2.05) is 0 Å². The lowest BCUT2D eigenvalue weighted by molar-refractivity contribution is -0.140. The van der Waals surface area contributed by atoms with Crippen LogP contribution in [0.15, 0.2) is 0 Å². The van der Waals surface area contributed by atoms with Crippen molar-refractivity contribution in [2.24, 2.45) is 0 Å². The summed E-state index contributed by atoms with van der Waals surface area (Å²) < 4.78 is 4.56. The van der Waals surface area contributed by atoms with Crippen LogP contribution in [0, 0.1) is 23.7 Å². The molecule has 112 valence electrons. The predicted molar refractivity (Wildman–Crippen MR) is 84.0 cm³/mol. The SMILES string of the molecule is CCCCCCC#CCCCC#CCCCC(=O)OC. The van der Waals surface area contributed by atoms with E-state index in [1.54, 1.807) is 0 Å². The van der Waals surface area contributed by atoms with Crippen LogP contribution in [0.1, 0.15) is 77.6 Å². The molecular weight excluding hydrogens is 248 g/mol. The van der Waals surface area contributed by atoms with Crippen molar-refractivity contribution in [3.63, 3.8) is 0 Å². The molecule has 0 saturated carbocycles. The van der Waals surface area contributed by atoms with Crippen molar-refractivity contribution in [2.75, 3.05) is 7.11 Å². The molecule has 0 spiro atoms. The fourth-order valence-electron chi connectivity index (χ4n) is 1.68. The molecule has 0 aromatic rings. The maximum Gasteiger partial charge on any atom is 0.305 e. The Morgan fingerprint density at radius 2 is 1.35 bits per heavy atom. The van der Waals surface area contributed by atoms with Crippen LogP contribution in [0.3, 0.4) is 0 Å². The fourth-order valence-corrected chi connectivity index (χ4v) is 1.68. The number of esters is 1. The van der Waals surface area contributed by atoms with Crippen molar-refractivity contribution in [2.45, 2.75) is 77.6 Å². The standard InChI is InChI=1S/C18H28O2/c1-3-4-5-6-7-8-9-10-11-12-13-14-15-16-17-18(19)20-2/h3-7,10-12,15-17H2,1-2H3. The third-order valence-corrected chi connectivity index (χ3v) is 2.92. The molecule has 0 heterocycles. The molecule has 0 bridgehead atoms. The second-order valence-corrected chi connectivity index (χ2v) is 4.80. The van der Waals surface area contributed by atoms with Crippen molar-refractivity contribution in [3.05, 3.63) is 0 Å². The molecule has 0 atom stereocenters. The zero-order valence-corrected chi connectivity index (χ0v) is 13.1. The summed E-state index contributed by atoms with van der Waals surface area (Å²) in [6, 6.07) is 0. The number of methoxy groups -OCH3 is 1. The molecule has 0 aliphatic heterocycles. The Kier molecular flexibility index (Phi) is 14.5. The van der Waals surface area contributed by atoms with Gasteiger partial charge in [0.2, 0.25) is 0 Å². The first-order chi connectivity index (χ1) is 9.81. The minimum Gasteiger partial charge on any atom is -0.469 e. The van der Waals surface area contributed by atoms with Gasteiger partial charge in [-0.05, 0) is 19.3 Å². The Bertz CT molecular complexity index is 349. The number of hydrogen-bond donors (Lipinski definition) is 0. The summed E-state index contributed by atoms with van der Waals surface area (Å²) in [7, 11) is 1.42. The predicted octanol–water partition coefficient (Wildman–Crippen LogP) is 4.48. The van der Waals surface area contributed by atoms with Gasteiger partial charge in [-0.1, -0.05) is 26.2 Å². The Hall–Kier alpha value is -1.41. The van der Waals surface area contributed by atoms with Gasteiger partial charge in [-0.2, -0.15) is 0 Å². The Balaban J connectivity index is 3.31. The normalized spacial score (nSPS) is 9.10. The number of carbonyl (C=O) groups excluding carboxylic acids is 1. The molecule has 0 fully saturated rings. The molecule has 2 nitrogen and oxygen atoms in total. The highest BCUT2D eigenvalue weighted by atomic mass is 16.5. The molecule has 0 amide bonds. The number of unbranched alkanes of at least 4 members (excludes halogenated alkanes) is 7. The molecule has 20 heavy (non-hydrogen) atoms. The van der Waals surface area contributed by atoms with Crippen LogP contribution < -0.4 is 0 Å². The van der Waals surface area contributed by atoms with Gasteiger partial charge in [0, 0.05) is 32.1 Å². The fraction of sp³-hybridized carbons (Fsp3) is 0.722. The van der Waals surface area contributed by atoms with Gasteiger partial charge >= 0.3 is 5.97 Å². The van der Waals surface area contributed by atoms with Gasteiger partial charge in [0.25, 0.3) is 0 Å². The van der Waals surface area contributed by atoms with Gasteiger partial charge in [0.05, 0.1) is 7.11 Å². The zero-order valence-electron chi connectivity index (χ0n) is 13.1. The summed E-state index contributed by atoms with van der Waals surface area (Å²) in [5.41, 5.74) is 0. The minimum absolute atomic E-state index is 0.152. The molecule has 0 N–H and O–H groups in total. The lowest BCUT2D eigenvalue weighted by Gasteiger charge is -1.94. The van der Waals surface area contributed by atoms with Crippen LogP contribution in [0.25, 0.3) is 0 Å². The summed E-state index contributed by atoms with van der Waals surface area (Å²) >= 11 is 0. The molecule has 0 aromatic carbocycles. The summed E-state index contributed by atoms with van der Waals surface area (Å²) in [4.78, 5) is 10.8. The summed E-state index contributed by atoms with van der Waals surface area (Å²) in [6.45, 7) is 2.22. The van der Waals surface area contributed by atoms with Gasteiger partial charge in [0.15, 0.2) is 0 Å². The van der Waals surface area contributed by atoms with Gasteiger partial charge in [-0.25, -0.2) is 0 Å². The Labute approximate surface area is 124 Å². The highest BCUT2D eigenvalue weighted by Gasteiger charge is 1.96. The van der Waals surface area contributed by atoms with E-state index in [0.717, 1.165) is 38.5 Å². The Morgan fingerprint density at radius 1 is 0.800 bits per heavy atom. The Morgan fingerprint density at radius 3 is 1.90 bits per heavy atom. The minimum atomic E-state index is -0.152. The van der Waals surface area contributed by atoms with Crippen LogP contribution in [0.2, 0.25) is 0 Å². The first-order valence-electron chi connectivity index (χ1n) is 7.79. The van der Waals surface area contributed by atoms with E-state index < -0.39 is 0 Å². The monoisotopic (exact) mass is 276 g/mol. The van der Waals surface area contributed by atoms with E-state index in [4.69, 9.17) is 0 Å². The molecule has 0 aliphatic rings. The van der Waals surface area contributed by atoms with Crippen molar-refractivity contribution in [1.82, 2.24) is 0 Å². The number of hydrogen-bond acceptors (Lipinski definition) is 2. The number of ether oxygens (including phenoxy) is 1. The van der Waals surface area contributed by atoms with Crippen molar-refractivity contribution < 1.29 is 9.53 Å². The average molecular weight is 276 g/mol. The molecule has 0 unspecified atom stereocenters. The maximum absolute atomic E-state index is 10.8. The first kappa shape index (κ1) is 18.6. The second kappa shape index (κ2) is 15.6. The summed E-state index contributed by atoms with van der Waals surface area (Å²) in [5.74, 6) is 12.5. The lowest BCUT2D eigenvalue weighted by Crippen LogP contribution is -1.98. The molecule has 0 saturated heterocycles. The lowest BCUT2D eigenvalue weighted by atomic mass is 10.1. The quantitative estimate of drug-likeness (QED) is 0.353. The third kappa shape index (κ3) is 14.7. The summed E-state index contributed by atoms with van der Waals surface area (Å²) in [5, 5.41) is 0. The van der Waals surface area contributed by atoms with E-state index in [9.17, 15) is 4.79 Å². The van der Waals surface area contributed by atoms with Crippen molar-refractivity contribution in [1.29, 1.82) is 0 Å². The maximum atomic E-state index is 10.8. The first-order valence-corrected chi connectivity index (χ1v) is 7.79. The van der Waals surface area contributed by atoms with Crippen LogP contribution in [-0.4, -0.2) is 13.1 Å². The molecule has 0 aromatic heterocycles. The molecule has 0 aliphatic carbocycles. The second-order valence-electron chi connectivity index (χ2n) is 4.80. The zero-order chi connectivity index (χ0) is 14.9. The number of rotatable bonds is 9. The van der Waals surface area contributed by atoms with Crippen LogP contribution in [0.5, 0.6) is 0 Å². The van der Waals surface area contributed by atoms with Crippen LogP contribution >= 0.6 is 0 Å². The van der Waals surface area contributed by atoms with Crippen molar-refractivity contribution >= 4 is 5.97 Å². The highest BCUT2D eigenvalue weighted by Crippen LogP contribution is 2.01. The average Bonchev–Trinajstić information content (AvgIpc) is 2.47. The summed E-state index contributed by atoms with van der Waals surface area (Å²) in [6.07, 6.45) is 11.1. The van der Waals surface area contributed by atoms with Gasteiger partial charge in [0.1, 0.15) is 0 Å². The van der Waals surface area contributed by atoms with E-state index in [-0.39, 0.29) is 5.97 Å².